The highest BCUT2D eigenvalue weighted by Crippen LogP contribution is 2.26. The molecule has 2 aromatic carbocycles. The van der Waals surface area contributed by atoms with E-state index in [1.54, 1.807) is 13.2 Å². The maximum absolute atomic E-state index is 13.1. The second-order valence-electron chi connectivity index (χ2n) is 4.08. The highest BCUT2D eigenvalue weighted by molar-refractivity contribution is 6.20. The fourth-order valence-corrected chi connectivity index (χ4v) is 2.14. The summed E-state index contributed by atoms with van der Waals surface area (Å²) >= 11 is 6.30. The fraction of sp³-hybridized carbons (Fsp3) is 0.200. The molecular weight excluding hydrogens is 251 g/mol. The van der Waals surface area contributed by atoms with Gasteiger partial charge in [-0.3, -0.25) is 0 Å². The van der Waals surface area contributed by atoms with E-state index in [1.165, 1.54) is 12.1 Å². The van der Waals surface area contributed by atoms with Gasteiger partial charge in [-0.05, 0) is 41.8 Å². The summed E-state index contributed by atoms with van der Waals surface area (Å²) in [6.07, 6.45) is 0.641. The molecule has 1 unspecified atom stereocenters. The van der Waals surface area contributed by atoms with Gasteiger partial charge in [0, 0.05) is 0 Å². The van der Waals surface area contributed by atoms with Gasteiger partial charge in [0.2, 0.25) is 0 Å². The van der Waals surface area contributed by atoms with E-state index in [2.05, 4.69) is 0 Å². The molecule has 0 aliphatic heterocycles. The van der Waals surface area contributed by atoms with Gasteiger partial charge in [0.15, 0.2) is 0 Å². The van der Waals surface area contributed by atoms with Crippen molar-refractivity contribution in [1.82, 2.24) is 0 Å². The summed E-state index contributed by atoms with van der Waals surface area (Å²) in [5.74, 6) is 0.541. The topological polar surface area (TPSA) is 9.23 Å². The molecule has 3 heteroatoms. The molecule has 1 nitrogen and oxygen atoms in total. The second-order valence-corrected chi connectivity index (χ2v) is 4.61. The monoisotopic (exact) mass is 264 g/mol. The van der Waals surface area contributed by atoms with Crippen LogP contribution in [-0.4, -0.2) is 7.11 Å². The minimum atomic E-state index is -0.260. The first-order valence-electron chi connectivity index (χ1n) is 5.71. The van der Waals surface area contributed by atoms with Crippen molar-refractivity contribution in [3.05, 3.63) is 65.5 Å². The Morgan fingerprint density at radius 2 is 1.94 bits per heavy atom. The molecule has 2 rings (SSSR count). The molecule has 1 atom stereocenters. The Balaban J connectivity index is 2.13. The summed E-state index contributed by atoms with van der Waals surface area (Å²) in [5.41, 5.74) is 1.86. The van der Waals surface area contributed by atoms with E-state index in [4.69, 9.17) is 16.3 Å². The number of ether oxygens (including phenoxy) is 1. The van der Waals surface area contributed by atoms with Crippen LogP contribution in [0.2, 0.25) is 0 Å². The standard InChI is InChI=1S/C15H14ClFO/c1-18-14-7-2-4-11(8-14)9-15(16)12-5-3-6-13(17)10-12/h2-8,10,15H,9H2,1H3. The molecule has 0 spiro atoms. The van der Waals surface area contributed by atoms with Gasteiger partial charge < -0.3 is 4.74 Å². The SMILES string of the molecule is COc1cccc(CC(Cl)c2cccc(F)c2)c1. The molecule has 18 heavy (non-hydrogen) atoms. The van der Waals surface area contributed by atoms with Crippen LogP contribution < -0.4 is 4.74 Å². The summed E-state index contributed by atoms with van der Waals surface area (Å²) in [4.78, 5) is 0. The molecule has 0 saturated heterocycles. The van der Waals surface area contributed by atoms with Crippen molar-refractivity contribution in [2.75, 3.05) is 7.11 Å². The second kappa shape index (κ2) is 5.87. The van der Waals surface area contributed by atoms with E-state index in [1.807, 2.05) is 30.3 Å². The number of rotatable bonds is 4. The highest BCUT2D eigenvalue weighted by Gasteiger charge is 2.10. The predicted molar refractivity (Wildman–Crippen MR) is 71.7 cm³/mol. The van der Waals surface area contributed by atoms with Gasteiger partial charge in [0.1, 0.15) is 11.6 Å². The molecule has 0 aromatic heterocycles. The van der Waals surface area contributed by atoms with Crippen LogP contribution in [0.15, 0.2) is 48.5 Å². The Morgan fingerprint density at radius 3 is 2.67 bits per heavy atom. The first kappa shape index (κ1) is 12.9. The zero-order valence-corrected chi connectivity index (χ0v) is 10.8. The van der Waals surface area contributed by atoms with Gasteiger partial charge in [-0.15, -0.1) is 11.6 Å². The van der Waals surface area contributed by atoms with Crippen molar-refractivity contribution >= 4 is 11.6 Å². The lowest BCUT2D eigenvalue weighted by molar-refractivity contribution is 0.414. The molecule has 0 heterocycles. The number of hydrogen-bond acceptors (Lipinski definition) is 1. The van der Waals surface area contributed by atoms with Crippen LogP contribution in [0.4, 0.5) is 4.39 Å². The van der Waals surface area contributed by atoms with Crippen molar-refractivity contribution in [1.29, 1.82) is 0 Å². The van der Waals surface area contributed by atoms with E-state index in [0.29, 0.717) is 6.42 Å². The first-order valence-corrected chi connectivity index (χ1v) is 6.15. The zero-order chi connectivity index (χ0) is 13.0. The maximum atomic E-state index is 13.1. The summed E-state index contributed by atoms with van der Waals surface area (Å²) in [5, 5.41) is -0.243. The Labute approximate surface area is 111 Å². The van der Waals surface area contributed by atoms with Gasteiger partial charge in [-0.25, -0.2) is 4.39 Å². The first-order chi connectivity index (χ1) is 8.69. The van der Waals surface area contributed by atoms with Gasteiger partial charge in [0.05, 0.1) is 12.5 Å². The van der Waals surface area contributed by atoms with Crippen LogP contribution in [0.25, 0.3) is 0 Å². The Hall–Kier alpha value is -1.54. The zero-order valence-electron chi connectivity index (χ0n) is 10.1. The normalized spacial score (nSPS) is 12.2. The number of alkyl halides is 1. The molecule has 2 aromatic rings. The Morgan fingerprint density at radius 1 is 1.17 bits per heavy atom. The van der Waals surface area contributed by atoms with E-state index in [9.17, 15) is 4.39 Å². The highest BCUT2D eigenvalue weighted by atomic mass is 35.5. The third-order valence-corrected chi connectivity index (χ3v) is 3.17. The average molecular weight is 265 g/mol. The molecule has 94 valence electrons. The smallest absolute Gasteiger partial charge is 0.123 e. The Kier molecular flexibility index (Phi) is 4.21. The summed E-state index contributed by atoms with van der Waals surface area (Å²) < 4.78 is 18.3. The summed E-state index contributed by atoms with van der Waals surface area (Å²) in [7, 11) is 1.63. The lowest BCUT2D eigenvalue weighted by Gasteiger charge is -2.11. The van der Waals surface area contributed by atoms with E-state index in [-0.39, 0.29) is 11.2 Å². The minimum absolute atomic E-state index is 0.243. The van der Waals surface area contributed by atoms with Crippen LogP contribution in [0.3, 0.4) is 0 Å². The van der Waals surface area contributed by atoms with E-state index in [0.717, 1.165) is 16.9 Å². The maximum Gasteiger partial charge on any atom is 0.123 e. The third kappa shape index (κ3) is 3.23. The predicted octanol–water partition coefficient (Wildman–Crippen LogP) is 4.36. The lowest BCUT2D eigenvalue weighted by atomic mass is 10.0. The Bertz CT molecular complexity index is 527. The molecule has 0 radical (unpaired) electrons. The van der Waals surface area contributed by atoms with Gasteiger partial charge in [-0.1, -0.05) is 24.3 Å². The lowest BCUT2D eigenvalue weighted by Crippen LogP contribution is -1.97. The van der Waals surface area contributed by atoms with Gasteiger partial charge >= 0.3 is 0 Å². The minimum Gasteiger partial charge on any atom is -0.497 e. The molecule has 0 amide bonds. The van der Waals surface area contributed by atoms with Crippen LogP contribution in [0, 0.1) is 5.82 Å². The van der Waals surface area contributed by atoms with E-state index >= 15 is 0 Å². The van der Waals surface area contributed by atoms with Gasteiger partial charge in [0.25, 0.3) is 0 Å². The molecular formula is C15H14ClFO. The number of benzene rings is 2. The molecule has 0 saturated carbocycles. The third-order valence-electron chi connectivity index (χ3n) is 2.76. The quantitative estimate of drug-likeness (QED) is 0.746. The largest absolute Gasteiger partial charge is 0.497 e. The van der Waals surface area contributed by atoms with Crippen molar-refractivity contribution in [2.24, 2.45) is 0 Å². The van der Waals surface area contributed by atoms with Crippen LogP contribution in [0.5, 0.6) is 5.75 Å². The van der Waals surface area contributed by atoms with Crippen molar-refractivity contribution in [3.8, 4) is 5.75 Å². The van der Waals surface area contributed by atoms with Gasteiger partial charge in [-0.2, -0.15) is 0 Å². The number of hydrogen-bond donors (Lipinski definition) is 0. The van der Waals surface area contributed by atoms with Crippen molar-refractivity contribution < 1.29 is 9.13 Å². The summed E-state index contributed by atoms with van der Waals surface area (Å²) in [6.45, 7) is 0. The van der Waals surface area contributed by atoms with Crippen LogP contribution in [-0.2, 0) is 6.42 Å². The fourth-order valence-electron chi connectivity index (χ4n) is 1.83. The molecule has 0 fully saturated rings. The molecule has 0 N–H and O–H groups in total. The number of halogens is 2. The van der Waals surface area contributed by atoms with Crippen molar-refractivity contribution in [3.63, 3.8) is 0 Å². The molecule has 0 aliphatic carbocycles. The van der Waals surface area contributed by atoms with Crippen LogP contribution in [0.1, 0.15) is 16.5 Å². The van der Waals surface area contributed by atoms with E-state index < -0.39 is 0 Å². The summed E-state index contributed by atoms with van der Waals surface area (Å²) in [6, 6.07) is 14.1. The molecule has 0 bridgehead atoms. The molecule has 0 aliphatic rings. The average Bonchev–Trinajstić information content (AvgIpc) is 2.39. The van der Waals surface area contributed by atoms with Crippen molar-refractivity contribution in [2.45, 2.75) is 11.8 Å². The number of methoxy groups -OCH3 is 1. The van der Waals surface area contributed by atoms with Crippen LogP contribution >= 0.6 is 11.6 Å².